The van der Waals surface area contributed by atoms with Gasteiger partial charge in [0.25, 0.3) is 0 Å². The van der Waals surface area contributed by atoms with Crippen LogP contribution in [-0.2, 0) is 22.6 Å². The minimum Gasteiger partial charge on any atom is -0.365 e. The molecular formula is C20H23N3O2. The third kappa shape index (κ3) is 2.95. The van der Waals surface area contributed by atoms with Crippen molar-refractivity contribution in [2.75, 3.05) is 13.1 Å². The van der Waals surface area contributed by atoms with Crippen molar-refractivity contribution in [2.45, 2.75) is 32.4 Å². The highest BCUT2D eigenvalue weighted by atomic mass is 16.2. The van der Waals surface area contributed by atoms with E-state index in [1.165, 1.54) is 11.3 Å². The molecule has 1 saturated heterocycles. The van der Waals surface area contributed by atoms with Crippen molar-refractivity contribution < 1.29 is 9.59 Å². The summed E-state index contributed by atoms with van der Waals surface area (Å²) in [5.74, 6) is -0.0313. The van der Waals surface area contributed by atoms with Gasteiger partial charge >= 0.3 is 0 Å². The largest absolute Gasteiger partial charge is 0.365 e. The number of benzene rings is 1. The zero-order chi connectivity index (χ0) is 17.4. The first-order valence-corrected chi connectivity index (χ1v) is 8.92. The maximum Gasteiger partial charge on any atom is 0.228 e. The van der Waals surface area contributed by atoms with Gasteiger partial charge in [0.15, 0.2) is 0 Å². The zero-order valence-electron chi connectivity index (χ0n) is 14.4. The predicted octanol–water partition coefficient (Wildman–Crippen LogP) is 2.51. The quantitative estimate of drug-likeness (QED) is 0.936. The maximum atomic E-state index is 12.9. The second-order valence-corrected chi connectivity index (χ2v) is 7.03. The highest BCUT2D eigenvalue weighted by Gasteiger charge is 2.39. The van der Waals surface area contributed by atoms with Crippen LogP contribution in [0.2, 0.25) is 0 Å². The van der Waals surface area contributed by atoms with Crippen molar-refractivity contribution in [1.82, 2.24) is 14.8 Å². The molecule has 2 aromatic rings. The molecule has 1 fully saturated rings. The van der Waals surface area contributed by atoms with Crippen LogP contribution in [0.4, 0.5) is 0 Å². The number of carbonyl (C=O) groups is 2. The van der Waals surface area contributed by atoms with Crippen LogP contribution in [0.25, 0.3) is 0 Å². The summed E-state index contributed by atoms with van der Waals surface area (Å²) in [4.78, 5) is 32.4. The second-order valence-electron chi connectivity index (χ2n) is 7.03. The van der Waals surface area contributed by atoms with Gasteiger partial charge < -0.3 is 14.8 Å². The van der Waals surface area contributed by atoms with Crippen molar-refractivity contribution in [3.63, 3.8) is 0 Å². The van der Waals surface area contributed by atoms with E-state index in [1.807, 2.05) is 59.3 Å². The van der Waals surface area contributed by atoms with Gasteiger partial charge in [-0.05, 0) is 24.1 Å². The summed E-state index contributed by atoms with van der Waals surface area (Å²) >= 11 is 0. The topological polar surface area (TPSA) is 56.4 Å². The molecule has 2 amide bonds. The summed E-state index contributed by atoms with van der Waals surface area (Å²) < 4.78 is 0. The maximum absolute atomic E-state index is 12.9. The summed E-state index contributed by atoms with van der Waals surface area (Å²) in [6, 6.07) is 12.0. The Hall–Kier alpha value is -2.56. The van der Waals surface area contributed by atoms with Crippen LogP contribution in [0, 0.1) is 5.92 Å². The lowest BCUT2D eigenvalue weighted by Crippen LogP contribution is -2.40. The third-order valence-electron chi connectivity index (χ3n) is 5.49. The SMILES string of the molecule is CC(c1ccccc1)N1CC(C(=O)N2CCc3[nH]ccc3C2)CC1=O. The molecule has 0 aliphatic carbocycles. The van der Waals surface area contributed by atoms with Crippen LogP contribution in [-0.4, -0.2) is 39.7 Å². The molecule has 2 aliphatic rings. The van der Waals surface area contributed by atoms with Gasteiger partial charge in [0.2, 0.25) is 11.8 Å². The normalized spacial score (nSPS) is 21.3. The molecule has 0 bridgehead atoms. The molecule has 2 aliphatic heterocycles. The van der Waals surface area contributed by atoms with Gasteiger partial charge in [0.05, 0.1) is 12.0 Å². The van der Waals surface area contributed by atoms with E-state index >= 15 is 0 Å². The minimum absolute atomic E-state index is 0.00383. The van der Waals surface area contributed by atoms with Crippen LogP contribution in [0.15, 0.2) is 42.6 Å². The van der Waals surface area contributed by atoms with Crippen LogP contribution in [0.3, 0.4) is 0 Å². The smallest absolute Gasteiger partial charge is 0.228 e. The number of aromatic amines is 1. The Labute approximate surface area is 147 Å². The summed E-state index contributed by atoms with van der Waals surface area (Å²) in [5, 5.41) is 0. The van der Waals surface area contributed by atoms with Crippen molar-refractivity contribution >= 4 is 11.8 Å². The lowest BCUT2D eigenvalue weighted by Gasteiger charge is -2.30. The number of carbonyl (C=O) groups excluding carboxylic acids is 2. The Balaban J connectivity index is 1.44. The van der Waals surface area contributed by atoms with E-state index < -0.39 is 0 Å². The lowest BCUT2D eigenvalue weighted by atomic mass is 10.0. The number of nitrogens with one attached hydrogen (secondary N) is 1. The van der Waals surface area contributed by atoms with Gasteiger partial charge in [-0.25, -0.2) is 0 Å². The molecule has 1 N–H and O–H groups in total. The number of amides is 2. The lowest BCUT2D eigenvalue weighted by molar-refractivity contribution is -0.136. The van der Waals surface area contributed by atoms with Gasteiger partial charge in [0, 0.05) is 44.4 Å². The molecule has 0 spiro atoms. The molecular weight excluding hydrogens is 314 g/mol. The Bertz CT molecular complexity index is 783. The molecule has 1 aromatic heterocycles. The zero-order valence-corrected chi connectivity index (χ0v) is 14.4. The number of likely N-dealkylation sites (tertiary alicyclic amines) is 1. The van der Waals surface area contributed by atoms with Crippen LogP contribution < -0.4 is 0 Å². The Morgan fingerprint density at radius 2 is 2.04 bits per heavy atom. The molecule has 2 atom stereocenters. The Morgan fingerprint density at radius 1 is 1.24 bits per heavy atom. The summed E-state index contributed by atoms with van der Waals surface area (Å²) in [7, 11) is 0. The molecule has 3 heterocycles. The molecule has 5 nitrogen and oxygen atoms in total. The van der Waals surface area contributed by atoms with Gasteiger partial charge in [-0.3, -0.25) is 9.59 Å². The van der Waals surface area contributed by atoms with Crippen LogP contribution in [0.1, 0.15) is 36.2 Å². The first kappa shape index (κ1) is 15.9. The standard InChI is InChI=1S/C20H23N3O2/c1-14(15-5-3-2-4-6-15)23-13-17(11-19(23)24)20(25)22-10-8-18-16(12-22)7-9-21-18/h2-7,9,14,17,21H,8,10-13H2,1H3. The highest BCUT2D eigenvalue weighted by molar-refractivity contribution is 5.89. The first-order valence-electron chi connectivity index (χ1n) is 8.92. The average molecular weight is 337 g/mol. The van der Waals surface area contributed by atoms with E-state index in [0.717, 1.165) is 18.5 Å². The fraction of sp³-hybridized carbons (Fsp3) is 0.400. The number of hydrogen-bond donors (Lipinski definition) is 1. The van der Waals surface area contributed by atoms with Crippen molar-refractivity contribution in [3.05, 3.63) is 59.4 Å². The minimum atomic E-state index is -0.223. The van der Waals surface area contributed by atoms with Crippen molar-refractivity contribution in [2.24, 2.45) is 5.92 Å². The third-order valence-corrected chi connectivity index (χ3v) is 5.49. The van der Waals surface area contributed by atoms with Gasteiger partial charge in [0.1, 0.15) is 0 Å². The summed E-state index contributed by atoms with van der Waals surface area (Å²) in [6.07, 6.45) is 3.12. The van der Waals surface area contributed by atoms with Crippen molar-refractivity contribution in [3.8, 4) is 0 Å². The molecule has 130 valence electrons. The van der Waals surface area contributed by atoms with Gasteiger partial charge in [-0.1, -0.05) is 30.3 Å². The van der Waals surface area contributed by atoms with Gasteiger partial charge in [-0.2, -0.15) is 0 Å². The molecule has 2 unspecified atom stereocenters. The monoisotopic (exact) mass is 337 g/mol. The summed E-state index contributed by atoms with van der Waals surface area (Å²) in [5.41, 5.74) is 3.53. The molecule has 0 saturated carbocycles. The average Bonchev–Trinajstić information content (AvgIpc) is 3.27. The number of H-pyrrole nitrogens is 1. The van der Waals surface area contributed by atoms with E-state index in [0.29, 0.717) is 19.5 Å². The van der Waals surface area contributed by atoms with E-state index in [9.17, 15) is 9.59 Å². The van der Waals surface area contributed by atoms with Crippen molar-refractivity contribution in [1.29, 1.82) is 0 Å². The molecule has 1 aromatic carbocycles. The molecule has 5 heteroatoms. The number of hydrogen-bond acceptors (Lipinski definition) is 2. The Kier molecular flexibility index (Phi) is 4.07. The fourth-order valence-electron chi connectivity index (χ4n) is 3.98. The second kappa shape index (κ2) is 6.39. The van der Waals surface area contributed by atoms with Crippen LogP contribution >= 0.6 is 0 Å². The van der Waals surface area contributed by atoms with Gasteiger partial charge in [-0.15, -0.1) is 0 Å². The summed E-state index contributed by atoms with van der Waals surface area (Å²) in [6.45, 7) is 3.93. The van der Waals surface area contributed by atoms with E-state index in [2.05, 4.69) is 4.98 Å². The van der Waals surface area contributed by atoms with E-state index in [-0.39, 0.29) is 23.8 Å². The van der Waals surface area contributed by atoms with E-state index in [4.69, 9.17) is 0 Å². The number of rotatable bonds is 3. The van der Waals surface area contributed by atoms with E-state index in [1.54, 1.807) is 0 Å². The molecule has 25 heavy (non-hydrogen) atoms. The number of aromatic nitrogens is 1. The molecule has 4 rings (SSSR count). The predicted molar refractivity (Wildman–Crippen MR) is 94.6 cm³/mol. The Morgan fingerprint density at radius 3 is 2.84 bits per heavy atom. The fourth-order valence-corrected chi connectivity index (χ4v) is 3.98. The molecule has 0 radical (unpaired) electrons. The number of nitrogens with zero attached hydrogens (tertiary/aromatic N) is 2. The first-order chi connectivity index (χ1) is 12.1. The van der Waals surface area contributed by atoms with Crippen LogP contribution in [0.5, 0.6) is 0 Å². The highest BCUT2D eigenvalue weighted by Crippen LogP contribution is 2.30. The number of fused-ring (bicyclic) bond motifs is 1.